The summed E-state index contributed by atoms with van der Waals surface area (Å²) in [5.74, 6) is 1.48. The van der Waals surface area contributed by atoms with Gasteiger partial charge in [0.2, 0.25) is 5.91 Å². The van der Waals surface area contributed by atoms with Gasteiger partial charge in [0.05, 0.1) is 12.0 Å². The summed E-state index contributed by atoms with van der Waals surface area (Å²) in [6, 6.07) is 18.9. The standard InChI is InChI=1S/C25H21N7O/c1-16-10-13-27-21(14-16)31-22(33)15-17-6-8-18(9-7-17)32-24(19-4-2-11-28-23(19)26)30-20-5-3-12-29-25(20)32/h2-14H,15H2,1H3,(H2,26,28)(H,27,31,33). The Kier molecular flexibility index (Phi) is 5.24. The number of nitrogens with zero attached hydrogens (tertiary/aromatic N) is 5. The fourth-order valence-electron chi connectivity index (χ4n) is 3.68. The Labute approximate surface area is 190 Å². The molecule has 3 N–H and O–H groups in total. The monoisotopic (exact) mass is 435 g/mol. The minimum Gasteiger partial charge on any atom is -0.383 e. The highest BCUT2D eigenvalue weighted by Crippen LogP contribution is 2.30. The lowest BCUT2D eigenvalue weighted by molar-refractivity contribution is -0.115. The van der Waals surface area contributed by atoms with Crippen LogP contribution in [0.2, 0.25) is 0 Å². The van der Waals surface area contributed by atoms with Crippen molar-refractivity contribution in [2.45, 2.75) is 13.3 Å². The van der Waals surface area contributed by atoms with Gasteiger partial charge in [-0.1, -0.05) is 12.1 Å². The van der Waals surface area contributed by atoms with Crippen LogP contribution in [0.3, 0.4) is 0 Å². The van der Waals surface area contributed by atoms with E-state index in [-0.39, 0.29) is 12.3 Å². The number of carbonyl (C=O) groups excluding carboxylic acids is 1. The number of nitrogens with two attached hydrogens (primary N) is 1. The molecule has 1 aromatic carbocycles. The van der Waals surface area contributed by atoms with Gasteiger partial charge < -0.3 is 11.1 Å². The molecule has 162 valence electrons. The van der Waals surface area contributed by atoms with Gasteiger partial charge in [0, 0.05) is 24.3 Å². The van der Waals surface area contributed by atoms with Crippen molar-refractivity contribution in [3.05, 3.63) is 90.4 Å². The number of carbonyl (C=O) groups is 1. The van der Waals surface area contributed by atoms with Crippen molar-refractivity contribution >= 4 is 28.7 Å². The molecule has 5 rings (SSSR count). The van der Waals surface area contributed by atoms with E-state index in [1.165, 1.54) is 0 Å². The number of nitrogens with one attached hydrogen (secondary N) is 1. The molecule has 4 aromatic heterocycles. The lowest BCUT2D eigenvalue weighted by Gasteiger charge is -2.11. The van der Waals surface area contributed by atoms with Crippen molar-refractivity contribution in [1.29, 1.82) is 0 Å². The number of hydrogen-bond donors (Lipinski definition) is 2. The van der Waals surface area contributed by atoms with Crippen LogP contribution in [0.5, 0.6) is 0 Å². The maximum Gasteiger partial charge on any atom is 0.229 e. The van der Waals surface area contributed by atoms with Gasteiger partial charge in [-0.2, -0.15) is 0 Å². The summed E-state index contributed by atoms with van der Waals surface area (Å²) >= 11 is 0. The maximum absolute atomic E-state index is 12.5. The molecule has 0 atom stereocenters. The minimum absolute atomic E-state index is 0.126. The second-order valence-corrected chi connectivity index (χ2v) is 7.66. The van der Waals surface area contributed by atoms with Crippen molar-refractivity contribution in [2.24, 2.45) is 0 Å². The van der Waals surface area contributed by atoms with Crippen LogP contribution >= 0.6 is 0 Å². The zero-order chi connectivity index (χ0) is 22.8. The van der Waals surface area contributed by atoms with Gasteiger partial charge in [-0.25, -0.2) is 19.9 Å². The smallest absolute Gasteiger partial charge is 0.229 e. The van der Waals surface area contributed by atoms with E-state index in [9.17, 15) is 4.79 Å². The third-order valence-corrected chi connectivity index (χ3v) is 5.24. The van der Waals surface area contributed by atoms with Crippen molar-refractivity contribution in [3.8, 4) is 17.1 Å². The Bertz CT molecular complexity index is 1460. The molecule has 0 unspecified atom stereocenters. The molecular weight excluding hydrogens is 414 g/mol. The summed E-state index contributed by atoms with van der Waals surface area (Å²) in [4.78, 5) is 30.1. The molecule has 0 bridgehead atoms. The topological polar surface area (TPSA) is 112 Å². The SMILES string of the molecule is Cc1ccnc(NC(=O)Cc2ccc(-n3c(-c4cccnc4N)nc4cccnc43)cc2)c1. The van der Waals surface area contributed by atoms with E-state index in [0.29, 0.717) is 23.1 Å². The van der Waals surface area contributed by atoms with Gasteiger partial charge in [0.25, 0.3) is 0 Å². The van der Waals surface area contributed by atoms with Crippen molar-refractivity contribution < 1.29 is 4.79 Å². The van der Waals surface area contributed by atoms with E-state index >= 15 is 0 Å². The fourth-order valence-corrected chi connectivity index (χ4v) is 3.68. The number of rotatable bonds is 5. The molecule has 0 saturated heterocycles. The molecule has 0 aliphatic heterocycles. The maximum atomic E-state index is 12.5. The first-order chi connectivity index (χ1) is 16.1. The first kappa shape index (κ1) is 20.3. The normalized spacial score (nSPS) is 10.9. The van der Waals surface area contributed by atoms with E-state index in [1.807, 2.05) is 72.2 Å². The number of hydrogen-bond acceptors (Lipinski definition) is 6. The number of benzene rings is 1. The summed E-state index contributed by atoms with van der Waals surface area (Å²) in [5, 5.41) is 2.84. The Balaban J connectivity index is 1.46. The van der Waals surface area contributed by atoms with Crippen LogP contribution in [0, 0.1) is 6.92 Å². The van der Waals surface area contributed by atoms with Gasteiger partial charge in [0.1, 0.15) is 17.2 Å². The van der Waals surface area contributed by atoms with Crippen LogP contribution in [-0.4, -0.2) is 30.4 Å². The molecule has 33 heavy (non-hydrogen) atoms. The number of amides is 1. The predicted octanol–water partition coefficient (Wildman–Crippen LogP) is 3.95. The van der Waals surface area contributed by atoms with Crippen molar-refractivity contribution in [3.63, 3.8) is 0 Å². The molecular formula is C25H21N7O. The molecule has 0 radical (unpaired) electrons. The van der Waals surface area contributed by atoms with Crippen molar-refractivity contribution in [1.82, 2.24) is 24.5 Å². The Hall–Kier alpha value is -4.59. The second kappa shape index (κ2) is 8.51. The lowest BCUT2D eigenvalue weighted by Crippen LogP contribution is -2.15. The summed E-state index contributed by atoms with van der Waals surface area (Å²) in [6.07, 6.45) is 5.29. The quantitative estimate of drug-likeness (QED) is 0.432. The average Bonchev–Trinajstić information content (AvgIpc) is 3.19. The zero-order valence-electron chi connectivity index (χ0n) is 17.9. The number of anilines is 2. The van der Waals surface area contributed by atoms with Crippen LogP contribution in [0.15, 0.2) is 79.3 Å². The third-order valence-electron chi connectivity index (χ3n) is 5.24. The highest BCUT2D eigenvalue weighted by atomic mass is 16.1. The van der Waals surface area contributed by atoms with Crippen LogP contribution in [0.25, 0.3) is 28.2 Å². The molecule has 5 aromatic rings. The molecule has 4 heterocycles. The first-order valence-electron chi connectivity index (χ1n) is 10.4. The zero-order valence-corrected chi connectivity index (χ0v) is 17.9. The lowest BCUT2D eigenvalue weighted by atomic mass is 10.1. The van der Waals surface area contributed by atoms with E-state index in [2.05, 4.69) is 20.3 Å². The molecule has 0 spiro atoms. The van der Waals surface area contributed by atoms with Gasteiger partial charge in [0.15, 0.2) is 11.5 Å². The number of aromatic nitrogens is 5. The summed E-state index contributed by atoms with van der Waals surface area (Å²) in [7, 11) is 0. The highest BCUT2D eigenvalue weighted by molar-refractivity contribution is 5.91. The highest BCUT2D eigenvalue weighted by Gasteiger charge is 2.17. The predicted molar refractivity (Wildman–Crippen MR) is 128 cm³/mol. The van der Waals surface area contributed by atoms with E-state index in [4.69, 9.17) is 10.7 Å². The Morgan fingerprint density at radius 3 is 2.55 bits per heavy atom. The molecule has 0 aliphatic rings. The van der Waals surface area contributed by atoms with E-state index in [1.54, 1.807) is 18.6 Å². The second-order valence-electron chi connectivity index (χ2n) is 7.66. The Morgan fingerprint density at radius 1 is 0.970 bits per heavy atom. The summed E-state index contributed by atoms with van der Waals surface area (Å²) < 4.78 is 1.95. The molecule has 8 heteroatoms. The van der Waals surface area contributed by atoms with Crippen LogP contribution in [0.1, 0.15) is 11.1 Å². The van der Waals surface area contributed by atoms with E-state index in [0.717, 1.165) is 27.9 Å². The molecule has 0 fully saturated rings. The largest absolute Gasteiger partial charge is 0.383 e. The fraction of sp³-hybridized carbons (Fsp3) is 0.0800. The van der Waals surface area contributed by atoms with Gasteiger partial charge in [-0.3, -0.25) is 9.36 Å². The van der Waals surface area contributed by atoms with Gasteiger partial charge >= 0.3 is 0 Å². The molecule has 0 aliphatic carbocycles. The average molecular weight is 435 g/mol. The van der Waals surface area contributed by atoms with Gasteiger partial charge in [-0.05, 0) is 66.6 Å². The number of aryl methyl sites for hydroxylation is 1. The summed E-state index contributed by atoms with van der Waals surface area (Å²) in [5.41, 5.74) is 11.1. The van der Waals surface area contributed by atoms with Gasteiger partial charge in [-0.15, -0.1) is 0 Å². The Morgan fingerprint density at radius 2 is 1.76 bits per heavy atom. The molecule has 8 nitrogen and oxygen atoms in total. The van der Waals surface area contributed by atoms with Crippen LogP contribution in [-0.2, 0) is 11.2 Å². The first-order valence-corrected chi connectivity index (χ1v) is 10.4. The third kappa shape index (κ3) is 4.14. The number of nitrogen functional groups attached to an aromatic ring is 1. The minimum atomic E-state index is -0.126. The number of pyridine rings is 3. The summed E-state index contributed by atoms with van der Waals surface area (Å²) in [6.45, 7) is 1.96. The van der Waals surface area contributed by atoms with E-state index < -0.39 is 0 Å². The molecule has 1 amide bonds. The molecule has 0 saturated carbocycles. The number of imidazole rings is 1. The van der Waals surface area contributed by atoms with Crippen LogP contribution in [0.4, 0.5) is 11.6 Å². The van der Waals surface area contributed by atoms with Crippen LogP contribution < -0.4 is 11.1 Å². The van der Waals surface area contributed by atoms with Crippen molar-refractivity contribution in [2.75, 3.05) is 11.1 Å². The number of fused-ring (bicyclic) bond motifs is 1.